The molecule has 1 saturated heterocycles. The van der Waals surface area contributed by atoms with Crippen molar-refractivity contribution in [1.29, 1.82) is 0 Å². The van der Waals surface area contributed by atoms with Crippen LogP contribution in [0.2, 0.25) is 0 Å². The number of carboxylic acid groups (broad SMARTS) is 1. The second-order valence-corrected chi connectivity index (χ2v) is 8.18. The lowest BCUT2D eigenvalue weighted by Crippen LogP contribution is -2.44. The summed E-state index contributed by atoms with van der Waals surface area (Å²) in [7, 11) is -3.05. The Morgan fingerprint density at radius 3 is 2.35 bits per heavy atom. The molecule has 2 N–H and O–H groups in total. The van der Waals surface area contributed by atoms with Crippen LogP contribution in [0, 0.1) is 23.7 Å². The van der Waals surface area contributed by atoms with E-state index in [1.54, 1.807) is 0 Å². The van der Waals surface area contributed by atoms with Crippen LogP contribution >= 0.6 is 0 Å². The van der Waals surface area contributed by atoms with Gasteiger partial charge < -0.3 is 10.4 Å². The minimum atomic E-state index is -3.05. The molecular formula is C13H17NO5S. The van der Waals surface area contributed by atoms with Crippen molar-refractivity contribution in [1.82, 2.24) is 5.32 Å². The molecule has 0 aromatic rings. The lowest BCUT2D eigenvalue weighted by molar-refractivity contribution is -0.147. The molecule has 20 heavy (non-hydrogen) atoms. The summed E-state index contributed by atoms with van der Waals surface area (Å²) in [6, 6.07) is -0.370. The molecule has 0 radical (unpaired) electrons. The smallest absolute Gasteiger partial charge is 0.307 e. The number of carboxylic acids is 1. The second-order valence-electron chi connectivity index (χ2n) is 5.95. The topological polar surface area (TPSA) is 101 Å². The van der Waals surface area contributed by atoms with Gasteiger partial charge in [0.15, 0.2) is 9.84 Å². The third-order valence-corrected chi connectivity index (χ3v) is 6.39. The molecule has 2 aliphatic carbocycles. The molecule has 2 bridgehead atoms. The van der Waals surface area contributed by atoms with Gasteiger partial charge in [0, 0.05) is 6.04 Å². The lowest BCUT2D eigenvalue weighted by Gasteiger charge is -2.25. The maximum Gasteiger partial charge on any atom is 0.307 e. The molecule has 0 aromatic heterocycles. The van der Waals surface area contributed by atoms with Crippen LogP contribution in [0.4, 0.5) is 0 Å². The zero-order chi connectivity index (χ0) is 14.5. The van der Waals surface area contributed by atoms with Gasteiger partial charge in [-0.05, 0) is 24.7 Å². The molecule has 1 heterocycles. The van der Waals surface area contributed by atoms with E-state index in [4.69, 9.17) is 0 Å². The van der Waals surface area contributed by atoms with Gasteiger partial charge in [0.05, 0.1) is 23.3 Å². The summed E-state index contributed by atoms with van der Waals surface area (Å²) in [5, 5.41) is 12.0. The van der Waals surface area contributed by atoms with Crippen molar-refractivity contribution in [3.8, 4) is 0 Å². The van der Waals surface area contributed by atoms with E-state index in [-0.39, 0.29) is 35.3 Å². The number of nitrogens with one attached hydrogen (secondary N) is 1. The molecule has 2 fully saturated rings. The van der Waals surface area contributed by atoms with Crippen LogP contribution in [-0.2, 0) is 19.4 Å². The van der Waals surface area contributed by atoms with Gasteiger partial charge in [-0.1, -0.05) is 12.2 Å². The fraction of sp³-hybridized carbons (Fsp3) is 0.692. The predicted octanol–water partition coefficient (Wildman–Crippen LogP) is -0.187. The fourth-order valence-corrected chi connectivity index (χ4v) is 5.40. The van der Waals surface area contributed by atoms with E-state index >= 15 is 0 Å². The van der Waals surface area contributed by atoms with E-state index in [2.05, 4.69) is 5.32 Å². The fourth-order valence-electron chi connectivity index (χ4n) is 3.72. The molecule has 6 nitrogen and oxygen atoms in total. The molecular weight excluding hydrogens is 282 g/mol. The third-order valence-electron chi connectivity index (χ3n) is 4.63. The van der Waals surface area contributed by atoms with E-state index < -0.39 is 27.6 Å². The van der Waals surface area contributed by atoms with Gasteiger partial charge >= 0.3 is 5.97 Å². The maximum atomic E-state index is 12.3. The molecule has 1 amide bonds. The van der Waals surface area contributed by atoms with Crippen LogP contribution < -0.4 is 5.32 Å². The summed E-state index contributed by atoms with van der Waals surface area (Å²) in [6.45, 7) is 0. The van der Waals surface area contributed by atoms with Gasteiger partial charge in [-0.3, -0.25) is 9.59 Å². The first kappa shape index (κ1) is 13.6. The molecule has 1 saturated carbocycles. The Labute approximate surface area is 117 Å². The average Bonchev–Trinajstić information content (AvgIpc) is 3.02. The summed E-state index contributed by atoms with van der Waals surface area (Å²) >= 11 is 0. The molecule has 5 atom stereocenters. The van der Waals surface area contributed by atoms with Crippen LogP contribution in [0.3, 0.4) is 0 Å². The van der Waals surface area contributed by atoms with E-state index in [0.717, 1.165) is 0 Å². The van der Waals surface area contributed by atoms with Gasteiger partial charge in [-0.25, -0.2) is 8.42 Å². The number of allylic oxidation sites excluding steroid dienone is 2. The van der Waals surface area contributed by atoms with Crippen molar-refractivity contribution in [2.75, 3.05) is 11.5 Å². The number of hydrogen-bond donors (Lipinski definition) is 2. The van der Waals surface area contributed by atoms with Crippen molar-refractivity contribution in [2.24, 2.45) is 23.7 Å². The highest BCUT2D eigenvalue weighted by molar-refractivity contribution is 7.91. The highest BCUT2D eigenvalue weighted by Crippen LogP contribution is 2.48. The highest BCUT2D eigenvalue weighted by atomic mass is 32.2. The van der Waals surface area contributed by atoms with Gasteiger partial charge in [-0.2, -0.15) is 0 Å². The van der Waals surface area contributed by atoms with Crippen molar-refractivity contribution >= 4 is 21.7 Å². The minimum Gasteiger partial charge on any atom is -0.481 e. The maximum absolute atomic E-state index is 12.3. The van der Waals surface area contributed by atoms with Crippen LogP contribution in [0.1, 0.15) is 12.8 Å². The number of sulfone groups is 1. The van der Waals surface area contributed by atoms with E-state index in [0.29, 0.717) is 12.8 Å². The first-order valence-corrected chi connectivity index (χ1v) is 8.61. The summed E-state index contributed by atoms with van der Waals surface area (Å²) < 4.78 is 22.8. The zero-order valence-corrected chi connectivity index (χ0v) is 11.7. The van der Waals surface area contributed by atoms with E-state index in [1.165, 1.54) is 0 Å². The number of rotatable bonds is 3. The largest absolute Gasteiger partial charge is 0.481 e. The first-order chi connectivity index (χ1) is 9.37. The number of amides is 1. The molecule has 3 aliphatic rings. The first-order valence-electron chi connectivity index (χ1n) is 6.79. The Kier molecular flexibility index (Phi) is 3.12. The Balaban J connectivity index is 1.71. The van der Waals surface area contributed by atoms with Crippen molar-refractivity contribution < 1.29 is 23.1 Å². The number of carbonyl (C=O) groups is 2. The minimum absolute atomic E-state index is 0.0286. The Hall–Kier alpha value is -1.37. The van der Waals surface area contributed by atoms with Crippen molar-refractivity contribution in [3.05, 3.63) is 12.2 Å². The second kappa shape index (κ2) is 4.58. The normalized spacial score (nSPS) is 40.9. The number of aliphatic carboxylic acids is 1. The summed E-state index contributed by atoms with van der Waals surface area (Å²) in [4.78, 5) is 23.7. The Morgan fingerprint density at radius 1 is 1.15 bits per heavy atom. The highest BCUT2D eigenvalue weighted by Gasteiger charge is 2.52. The van der Waals surface area contributed by atoms with E-state index in [9.17, 15) is 23.1 Å². The molecule has 0 spiro atoms. The average molecular weight is 299 g/mol. The zero-order valence-electron chi connectivity index (χ0n) is 10.9. The number of carbonyl (C=O) groups excluding carboxylic acids is 1. The lowest BCUT2D eigenvalue weighted by atomic mass is 9.82. The van der Waals surface area contributed by atoms with Gasteiger partial charge in [0.1, 0.15) is 0 Å². The van der Waals surface area contributed by atoms with Crippen LogP contribution in [0.25, 0.3) is 0 Å². The predicted molar refractivity (Wildman–Crippen MR) is 70.6 cm³/mol. The quantitative estimate of drug-likeness (QED) is 0.704. The standard InChI is InChI=1S/C13H17NO5S/c15-12(14-9-3-4-20(18,19)6-9)10-7-1-2-8(5-7)11(10)13(16)17/h1-2,7-11H,3-6H2,(H,14,15)(H,16,17)/t7-,8-,9+,10-,11+/m0/s1. The molecule has 0 aromatic carbocycles. The van der Waals surface area contributed by atoms with Crippen LogP contribution in [-0.4, -0.2) is 42.9 Å². The monoisotopic (exact) mass is 299 g/mol. The Bertz CT molecular complexity index is 582. The molecule has 7 heteroatoms. The van der Waals surface area contributed by atoms with Crippen molar-refractivity contribution in [3.63, 3.8) is 0 Å². The number of hydrogen-bond acceptors (Lipinski definition) is 4. The SMILES string of the molecule is O=C(N[C@@H]1CCS(=O)(=O)C1)[C@@H]1[C@H](C(=O)O)[C@H]2C=C[C@H]1C2. The summed E-state index contributed by atoms with van der Waals surface area (Å²) in [5.41, 5.74) is 0. The molecule has 3 rings (SSSR count). The van der Waals surface area contributed by atoms with Gasteiger partial charge in [0.25, 0.3) is 0 Å². The van der Waals surface area contributed by atoms with Crippen LogP contribution in [0.15, 0.2) is 12.2 Å². The third kappa shape index (κ3) is 2.24. The van der Waals surface area contributed by atoms with Crippen molar-refractivity contribution in [2.45, 2.75) is 18.9 Å². The van der Waals surface area contributed by atoms with Gasteiger partial charge in [0.2, 0.25) is 5.91 Å². The summed E-state index contributed by atoms with van der Waals surface area (Å²) in [5.74, 6) is -2.53. The molecule has 110 valence electrons. The molecule has 0 unspecified atom stereocenters. The van der Waals surface area contributed by atoms with Gasteiger partial charge in [-0.15, -0.1) is 0 Å². The summed E-state index contributed by atoms with van der Waals surface area (Å²) in [6.07, 6.45) is 4.92. The van der Waals surface area contributed by atoms with Crippen LogP contribution in [0.5, 0.6) is 0 Å². The Morgan fingerprint density at radius 2 is 1.80 bits per heavy atom. The molecule has 1 aliphatic heterocycles. The number of fused-ring (bicyclic) bond motifs is 2. The van der Waals surface area contributed by atoms with E-state index in [1.807, 2.05) is 12.2 Å².